The third-order valence-corrected chi connectivity index (χ3v) is 3.13. The quantitative estimate of drug-likeness (QED) is 0.743. The first-order valence-electron chi connectivity index (χ1n) is 6.23. The Labute approximate surface area is 102 Å². The highest BCUT2D eigenvalue weighted by molar-refractivity contribution is 5.78. The molecule has 1 aliphatic rings. The highest BCUT2D eigenvalue weighted by Crippen LogP contribution is 2.33. The molecule has 0 N–H and O–H groups in total. The Bertz CT molecular complexity index is 406. The van der Waals surface area contributed by atoms with Gasteiger partial charge in [0, 0.05) is 0 Å². The Morgan fingerprint density at radius 3 is 2.88 bits per heavy atom. The summed E-state index contributed by atoms with van der Waals surface area (Å²) in [4.78, 5) is 11.8. The molecule has 2 rings (SSSR count). The second-order valence-corrected chi connectivity index (χ2v) is 4.33. The van der Waals surface area contributed by atoms with E-state index < -0.39 is 0 Å². The van der Waals surface area contributed by atoms with Crippen LogP contribution in [0.4, 0.5) is 0 Å². The Morgan fingerprint density at radius 1 is 1.41 bits per heavy atom. The first-order valence-corrected chi connectivity index (χ1v) is 6.23. The predicted molar refractivity (Wildman–Crippen MR) is 68.4 cm³/mol. The number of hydrogen-bond acceptors (Lipinski definition) is 2. The maximum absolute atomic E-state index is 11.8. The zero-order valence-corrected chi connectivity index (χ0v) is 10.2. The van der Waals surface area contributed by atoms with Crippen LogP contribution in [-0.4, -0.2) is 12.6 Å². The average molecular weight is 230 g/mol. The summed E-state index contributed by atoms with van der Waals surface area (Å²) in [5.41, 5.74) is 2.38. The molecule has 1 fully saturated rings. The molecule has 0 heterocycles. The van der Waals surface area contributed by atoms with E-state index in [1.807, 2.05) is 25.1 Å². The Hall–Kier alpha value is -1.57. The molecule has 1 atom stereocenters. The highest BCUT2D eigenvalue weighted by Gasteiger charge is 2.28. The van der Waals surface area contributed by atoms with E-state index in [0.29, 0.717) is 6.61 Å². The molecular formula is C15H18O2. The summed E-state index contributed by atoms with van der Waals surface area (Å²) in [5.74, 6) is -0.0812. The van der Waals surface area contributed by atoms with Crippen LogP contribution in [0.3, 0.4) is 0 Å². The van der Waals surface area contributed by atoms with Gasteiger partial charge in [0.05, 0.1) is 12.5 Å². The van der Waals surface area contributed by atoms with Crippen LogP contribution in [0.15, 0.2) is 35.9 Å². The zero-order valence-electron chi connectivity index (χ0n) is 10.2. The predicted octanol–water partition coefficient (Wildman–Crippen LogP) is 3.43. The molecule has 0 aromatic heterocycles. The van der Waals surface area contributed by atoms with Gasteiger partial charge in [-0.15, -0.1) is 0 Å². The van der Waals surface area contributed by atoms with E-state index in [4.69, 9.17) is 4.74 Å². The molecule has 0 spiro atoms. The first kappa shape index (κ1) is 11.9. The van der Waals surface area contributed by atoms with E-state index in [-0.39, 0.29) is 11.9 Å². The Morgan fingerprint density at radius 2 is 2.18 bits per heavy atom. The highest BCUT2D eigenvalue weighted by atomic mass is 16.5. The van der Waals surface area contributed by atoms with Crippen LogP contribution < -0.4 is 0 Å². The summed E-state index contributed by atoms with van der Waals surface area (Å²) in [6, 6.07) is 10.2. The van der Waals surface area contributed by atoms with Gasteiger partial charge in [-0.2, -0.15) is 0 Å². The molecule has 1 aromatic rings. The van der Waals surface area contributed by atoms with E-state index >= 15 is 0 Å². The minimum atomic E-state index is -0.0628. The van der Waals surface area contributed by atoms with E-state index in [1.165, 1.54) is 11.1 Å². The lowest BCUT2D eigenvalue weighted by Crippen LogP contribution is -2.16. The molecular weight excluding hydrogens is 212 g/mol. The largest absolute Gasteiger partial charge is 0.466 e. The third-order valence-electron chi connectivity index (χ3n) is 3.13. The van der Waals surface area contributed by atoms with Gasteiger partial charge in [0.15, 0.2) is 0 Å². The molecule has 0 bridgehead atoms. The van der Waals surface area contributed by atoms with Crippen molar-refractivity contribution >= 4 is 12.0 Å². The van der Waals surface area contributed by atoms with Crippen molar-refractivity contribution in [3.8, 4) is 0 Å². The summed E-state index contributed by atoms with van der Waals surface area (Å²) in [6.45, 7) is 2.32. The lowest BCUT2D eigenvalue weighted by Gasteiger charge is -2.10. The van der Waals surface area contributed by atoms with Crippen molar-refractivity contribution in [2.45, 2.75) is 26.2 Å². The van der Waals surface area contributed by atoms with Gasteiger partial charge < -0.3 is 4.74 Å². The fourth-order valence-electron chi connectivity index (χ4n) is 2.32. The van der Waals surface area contributed by atoms with Gasteiger partial charge in [-0.3, -0.25) is 4.79 Å². The van der Waals surface area contributed by atoms with Crippen molar-refractivity contribution in [3.63, 3.8) is 0 Å². The van der Waals surface area contributed by atoms with Crippen LogP contribution in [0.5, 0.6) is 0 Å². The van der Waals surface area contributed by atoms with E-state index in [0.717, 1.165) is 19.3 Å². The average Bonchev–Trinajstić information content (AvgIpc) is 2.79. The summed E-state index contributed by atoms with van der Waals surface area (Å²) in [7, 11) is 0. The molecule has 2 heteroatoms. The monoisotopic (exact) mass is 230 g/mol. The second kappa shape index (κ2) is 5.67. The van der Waals surface area contributed by atoms with Crippen molar-refractivity contribution in [2.24, 2.45) is 5.92 Å². The van der Waals surface area contributed by atoms with E-state index in [1.54, 1.807) is 0 Å². The lowest BCUT2D eigenvalue weighted by molar-refractivity contribution is -0.146. The van der Waals surface area contributed by atoms with Crippen molar-refractivity contribution in [1.29, 1.82) is 0 Å². The molecule has 0 saturated heterocycles. The zero-order chi connectivity index (χ0) is 12.1. The molecule has 1 aliphatic carbocycles. The summed E-state index contributed by atoms with van der Waals surface area (Å²) in [6.07, 6.45) is 5.16. The number of rotatable bonds is 3. The maximum atomic E-state index is 11.8. The number of ether oxygens (including phenoxy) is 1. The number of hydrogen-bond donors (Lipinski definition) is 0. The lowest BCUT2D eigenvalue weighted by atomic mass is 10.0. The summed E-state index contributed by atoms with van der Waals surface area (Å²) >= 11 is 0. The SMILES string of the molecule is CCOC(=O)C1CCC/C1=C\c1ccccc1. The third kappa shape index (κ3) is 2.96. The number of benzene rings is 1. The molecule has 1 unspecified atom stereocenters. The molecule has 1 aromatic carbocycles. The molecule has 17 heavy (non-hydrogen) atoms. The maximum Gasteiger partial charge on any atom is 0.313 e. The van der Waals surface area contributed by atoms with Crippen LogP contribution in [-0.2, 0) is 9.53 Å². The Balaban J connectivity index is 2.14. The fourth-order valence-corrected chi connectivity index (χ4v) is 2.32. The minimum absolute atomic E-state index is 0.0184. The standard InChI is InChI=1S/C15H18O2/c1-2-17-15(16)14-10-6-9-13(14)11-12-7-4-3-5-8-12/h3-5,7-8,11,14H,2,6,9-10H2,1H3/b13-11+. The fraction of sp³-hybridized carbons (Fsp3) is 0.400. The van der Waals surface area contributed by atoms with Gasteiger partial charge in [-0.25, -0.2) is 0 Å². The number of esters is 1. The summed E-state index contributed by atoms with van der Waals surface area (Å²) in [5, 5.41) is 0. The number of carbonyl (C=O) groups excluding carboxylic acids is 1. The van der Waals surface area contributed by atoms with Gasteiger partial charge in [0.1, 0.15) is 0 Å². The van der Waals surface area contributed by atoms with E-state index in [2.05, 4.69) is 18.2 Å². The molecule has 90 valence electrons. The van der Waals surface area contributed by atoms with Gasteiger partial charge >= 0.3 is 5.97 Å². The van der Waals surface area contributed by atoms with Crippen LogP contribution in [0, 0.1) is 5.92 Å². The number of carbonyl (C=O) groups is 1. The molecule has 0 aliphatic heterocycles. The second-order valence-electron chi connectivity index (χ2n) is 4.33. The van der Waals surface area contributed by atoms with Crippen molar-refractivity contribution in [3.05, 3.63) is 41.5 Å². The van der Waals surface area contributed by atoms with Crippen LogP contribution >= 0.6 is 0 Å². The first-order chi connectivity index (χ1) is 8.31. The molecule has 1 saturated carbocycles. The van der Waals surface area contributed by atoms with Crippen molar-refractivity contribution in [2.75, 3.05) is 6.61 Å². The van der Waals surface area contributed by atoms with Gasteiger partial charge in [0.2, 0.25) is 0 Å². The minimum Gasteiger partial charge on any atom is -0.466 e. The van der Waals surface area contributed by atoms with Crippen LogP contribution in [0.1, 0.15) is 31.7 Å². The molecule has 0 radical (unpaired) electrons. The Kier molecular flexibility index (Phi) is 3.97. The van der Waals surface area contributed by atoms with Gasteiger partial charge in [0.25, 0.3) is 0 Å². The van der Waals surface area contributed by atoms with Gasteiger partial charge in [-0.1, -0.05) is 42.0 Å². The normalized spacial score (nSPS) is 21.7. The smallest absolute Gasteiger partial charge is 0.313 e. The van der Waals surface area contributed by atoms with E-state index in [9.17, 15) is 4.79 Å². The van der Waals surface area contributed by atoms with Crippen molar-refractivity contribution < 1.29 is 9.53 Å². The molecule has 0 amide bonds. The van der Waals surface area contributed by atoms with Crippen LogP contribution in [0.2, 0.25) is 0 Å². The topological polar surface area (TPSA) is 26.3 Å². The van der Waals surface area contributed by atoms with Crippen LogP contribution in [0.25, 0.3) is 6.08 Å². The molecule has 2 nitrogen and oxygen atoms in total. The van der Waals surface area contributed by atoms with Crippen molar-refractivity contribution in [1.82, 2.24) is 0 Å². The van der Waals surface area contributed by atoms with Gasteiger partial charge in [-0.05, 0) is 31.7 Å². The summed E-state index contributed by atoms with van der Waals surface area (Å²) < 4.78 is 5.11.